The summed E-state index contributed by atoms with van der Waals surface area (Å²) < 4.78 is 5.61. The number of esters is 1. The molecule has 14 heteroatoms. The number of methoxy groups -OCH3 is 1. The van der Waals surface area contributed by atoms with Crippen LogP contribution in [-0.4, -0.2) is 118 Å². The largest absolute Gasteiger partial charge is 0.467 e. The lowest BCUT2D eigenvalue weighted by atomic mass is 10.0. The van der Waals surface area contributed by atoms with Crippen molar-refractivity contribution in [2.24, 2.45) is 0 Å². The molecule has 0 bridgehead atoms. The zero-order valence-corrected chi connectivity index (χ0v) is 25.3. The quantitative estimate of drug-likeness (QED) is 0.0458. The maximum absolute atomic E-state index is 13.3. The Hall–Kier alpha value is -4.30. The van der Waals surface area contributed by atoms with Crippen LogP contribution in [0, 0.1) is 0 Å². The van der Waals surface area contributed by atoms with E-state index < -0.39 is 60.7 Å². The summed E-state index contributed by atoms with van der Waals surface area (Å²) in [5.74, 6) is -3.69. The summed E-state index contributed by atoms with van der Waals surface area (Å²) in [6.07, 6.45) is 4.19. The Balaban J connectivity index is 2.71. The summed E-state index contributed by atoms with van der Waals surface area (Å²) in [7, 11) is 7.38. The van der Waals surface area contributed by atoms with Crippen molar-refractivity contribution >= 4 is 35.5 Å². The van der Waals surface area contributed by atoms with Crippen LogP contribution < -0.4 is 26.6 Å². The van der Waals surface area contributed by atoms with E-state index in [-0.39, 0.29) is 19.6 Å². The van der Waals surface area contributed by atoms with Crippen molar-refractivity contribution in [3.05, 3.63) is 48.0 Å². The number of aliphatic hydroxyl groups is 1. The molecular formula is C29H45N6O8+. The van der Waals surface area contributed by atoms with Gasteiger partial charge >= 0.3 is 5.97 Å². The van der Waals surface area contributed by atoms with Crippen molar-refractivity contribution < 1.29 is 43.1 Å². The Bertz CT molecular complexity index is 1100. The highest BCUT2D eigenvalue weighted by molar-refractivity contribution is 5.94. The van der Waals surface area contributed by atoms with Gasteiger partial charge in [-0.25, -0.2) is 4.79 Å². The Morgan fingerprint density at radius 3 is 2.02 bits per heavy atom. The molecule has 6 N–H and O–H groups in total. The molecule has 0 saturated carbocycles. The molecule has 0 aliphatic carbocycles. The van der Waals surface area contributed by atoms with Gasteiger partial charge in [-0.3, -0.25) is 24.0 Å². The normalized spacial score (nSPS) is 12.5. The molecule has 0 aliphatic rings. The Labute approximate surface area is 252 Å². The number of hydrogen-bond acceptors (Lipinski definition) is 8. The van der Waals surface area contributed by atoms with E-state index in [1.54, 1.807) is 0 Å². The minimum absolute atomic E-state index is 0.201. The fraction of sp³-hybridized carbons (Fsp3) is 0.517. The van der Waals surface area contributed by atoms with Gasteiger partial charge in [0.2, 0.25) is 29.5 Å². The molecule has 1 aromatic rings. The summed E-state index contributed by atoms with van der Waals surface area (Å²) in [5, 5.41) is 20.9. The minimum Gasteiger partial charge on any atom is -0.467 e. The Kier molecular flexibility index (Phi) is 16.9. The highest BCUT2D eigenvalue weighted by atomic mass is 16.5. The monoisotopic (exact) mass is 605 g/mol. The smallest absolute Gasteiger partial charge is 0.328 e. The maximum Gasteiger partial charge on any atom is 0.328 e. The molecule has 238 valence electrons. The topological polar surface area (TPSA) is 192 Å². The van der Waals surface area contributed by atoms with Gasteiger partial charge in [0.1, 0.15) is 12.1 Å². The number of nitrogens with one attached hydrogen (secondary N) is 5. The summed E-state index contributed by atoms with van der Waals surface area (Å²) in [6.45, 7) is -0.748. The van der Waals surface area contributed by atoms with Gasteiger partial charge in [0.25, 0.3) is 0 Å². The molecule has 0 aliphatic heterocycles. The van der Waals surface area contributed by atoms with Crippen LogP contribution in [0.4, 0.5) is 0 Å². The summed E-state index contributed by atoms with van der Waals surface area (Å²) in [4.78, 5) is 73.7. The second-order valence-electron chi connectivity index (χ2n) is 10.8. The third kappa shape index (κ3) is 17.3. The molecular weight excluding hydrogens is 560 g/mol. The first-order valence-corrected chi connectivity index (χ1v) is 13.9. The van der Waals surface area contributed by atoms with Crippen LogP contribution in [0.3, 0.4) is 0 Å². The molecule has 0 aromatic heterocycles. The van der Waals surface area contributed by atoms with E-state index >= 15 is 0 Å². The van der Waals surface area contributed by atoms with Crippen LogP contribution in [0.5, 0.6) is 0 Å². The average molecular weight is 606 g/mol. The van der Waals surface area contributed by atoms with Gasteiger partial charge in [0, 0.05) is 12.5 Å². The van der Waals surface area contributed by atoms with Crippen molar-refractivity contribution in [1.29, 1.82) is 0 Å². The first kappa shape index (κ1) is 36.7. The van der Waals surface area contributed by atoms with Gasteiger partial charge in [-0.2, -0.15) is 0 Å². The molecule has 14 nitrogen and oxygen atoms in total. The number of benzene rings is 1. The first-order valence-electron chi connectivity index (χ1n) is 13.9. The number of carbonyl (C=O) groups is 6. The number of carbonyl (C=O) groups excluding carboxylic acids is 6. The van der Waals surface area contributed by atoms with Gasteiger partial charge in [0.15, 0.2) is 0 Å². The number of hydrogen-bond donors (Lipinski definition) is 6. The lowest BCUT2D eigenvalue weighted by molar-refractivity contribution is -0.870. The van der Waals surface area contributed by atoms with Gasteiger partial charge in [-0.15, -0.1) is 0 Å². The van der Waals surface area contributed by atoms with E-state index in [1.807, 2.05) is 51.5 Å². The number of amides is 5. The van der Waals surface area contributed by atoms with Crippen molar-refractivity contribution in [2.45, 2.75) is 37.8 Å². The molecule has 2 unspecified atom stereocenters. The average Bonchev–Trinajstić information content (AvgIpc) is 2.97. The van der Waals surface area contributed by atoms with Crippen LogP contribution in [0.15, 0.2) is 42.5 Å². The predicted molar refractivity (Wildman–Crippen MR) is 158 cm³/mol. The van der Waals surface area contributed by atoms with Crippen LogP contribution in [-0.2, 0) is 39.9 Å². The second kappa shape index (κ2) is 19.8. The fourth-order valence-electron chi connectivity index (χ4n) is 3.78. The van der Waals surface area contributed by atoms with E-state index in [0.29, 0.717) is 12.8 Å². The molecule has 0 spiro atoms. The molecule has 0 radical (unpaired) electrons. The predicted octanol–water partition coefficient (Wildman–Crippen LogP) is -1.85. The van der Waals surface area contributed by atoms with Crippen LogP contribution in [0.25, 0.3) is 0 Å². The molecule has 1 rings (SSSR count). The van der Waals surface area contributed by atoms with Crippen LogP contribution in [0.2, 0.25) is 0 Å². The van der Waals surface area contributed by atoms with E-state index in [2.05, 4.69) is 26.6 Å². The van der Waals surface area contributed by atoms with Crippen molar-refractivity contribution in [3.8, 4) is 0 Å². The SMILES string of the molecule is COC(=O)C(Cc1ccccc1)NC(=O)C(CCCC[N+](C)(C)C)NC(=O)CNC(=O)CNC(=O)CNC(=O)C=CCO. The molecule has 5 amide bonds. The number of aliphatic hydroxyl groups excluding tert-OH is 1. The maximum atomic E-state index is 13.3. The summed E-state index contributed by atoms with van der Waals surface area (Å²) in [6, 6.07) is 7.18. The van der Waals surface area contributed by atoms with E-state index in [9.17, 15) is 28.8 Å². The molecule has 0 fully saturated rings. The Morgan fingerprint density at radius 2 is 1.44 bits per heavy atom. The Morgan fingerprint density at radius 1 is 0.837 bits per heavy atom. The zero-order chi connectivity index (χ0) is 32.3. The second-order valence-corrected chi connectivity index (χ2v) is 10.8. The van der Waals surface area contributed by atoms with Gasteiger partial charge in [0.05, 0.1) is 61.0 Å². The van der Waals surface area contributed by atoms with Gasteiger partial charge < -0.3 is 40.9 Å². The van der Waals surface area contributed by atoms with Crippen molar-refractivity contribution in [2.75, 3.05) is 61.0 Å². The molecule has 1 aromatic carbocycles. The van der Waals surface area contributed by atoms with Crippen LogP contribution >= 0.6 is 0 Å². The number of quaternary nitrogens is 1. The van der Waals surface area contributed by atoms with Gasteiger partial charge in [-0.05, 0) is 24.8 Å². The summed E-state index contributed by atoms with van der Waals surface area (Å²) >= 11 is 0. The minimum atomic E-state index is -0.969. The lowest BCUT2D eigenvalue weighted by Gasteiger charge is -2.25. The van der Waals surface area contributed by atoms with Gasteiger partial charge in [-0.1, -0.05) is 36.4 Å². The molecule has 2 atom stereocenters. The fourth-order valence-corrected chi connectivity index (χ4v) is 3.78. The molecule has 43 heavy (non-hydrogen) atoms. The lowest BCUT2D eigenvalue weighted by Crippen LogP contribution is -2.54. The number of nitrogens with zero attached hydrogens (tertiary/aromatic N) is 1. The first-order chi connectivity index (χ1) is 20.3. The van der Waals surface area contributed by atoms with E-state index in [4.69, 9.17) is 9.84 Å². The van der Waals surface area contributed by atoms with E-state index in [1.165, 1.54) is 13.2 Å². The number of rotatable bonds is 19. The number of unbranched alkanes of at least 4 members (excludes halogenated alkanes) is 1. The third-order valence-electron chi connectivity index (χ3n) is 6.00. The van der Waals surface area contributed by atoms with Crippen molar-refractivity contribution in [3.63, 3.8) is 0 Å². The standard InChI is InChI=1S/C29H44N6O8/c1-35(2,3)15-9-8-13-22(28(41)34-23(29(42)43-4)17-21-11-6-5-7-12-21)33-27(40)20-32-26(39)19-31-25(38)18-30-24(37)14-10-16-36/h5-7,10-12,14,22-23,36H,8-9,13,15-20H2,1-4H3,(H4-,30,31,32,33,34,37,38,39,40,41)/p+1. The zero-order valence-electron chi connectivity index (χ0n) is 25.3. The van der Waals surface area contributed by atoms with Crippen molar-refractivity contribution in [1.82, 2.24) is 26.6 Å². The third-order valence-corrected chi connectivity index (χ3v) is 6.00. The molecule has 0 saturated heterocycles. The molecule has 0 heterocycles. The van der Waals surface area contributed by atoms with Crippen LogP contribution in [0.1, 0.15) is 24.8 Å². The van der Waals surface area contributed by atoms with E-state index in [0.717, 1.165) is 29.1 Å². The highest BCUT2D eigenvalue weighted by Gasteiger charge is 2.27. The summed E-state index contributed by atoms with van der Waals surface area (Å²) in [5.41, 5.74) is 0.817. The number of ether oxygens (including phenoxy) is 1. The highest BCUT2D eigenvalue weighted by Crippen LogP contribution is 2.08.